The van der Waals surface area contributed by atoms with Gasteiger partial charge in [0.15, 0.2) is 0 Å². The number of carbonyl (C=O) groups is 1. The molecule has 0 aromatic rings. The van der Waals surface area contributed by atoms with Crippen molar-refractivity contribution < 1.29 is 14.6 Å². The van der Waals surface area contributed by atoms with Crippen LogP contribution in [0.15, 0.2) is 0 Å². The molecule has 4 saturated carbocycles. The smallest absolute Gasteiger partial charge is 0.305 e. The van der Waals surface area contributed by atoms with Gasteiger partial charge in [-0.25, -0.2) is 0 Å². The van der Waals surface area contributed by atoms with Crippen molar-refractivity contribution >= 4 is 5.97 Å². The van der Waals surface area contributed by atoms with Crippen molar-refractivity contribution in [2.75, 3.05) is 6.61 Å². The Morgan fingerprint density at radius 3 is 2.52 bits per heavy atom. The number of hydrogen-bond acceptors (Lipinski definition) is 3. The SMILES string of the molecule is CCOC(=O)CC[C@@H](C)[C@H]1CC[C@H]2[C@@H]3CCC4C[C@H](O)CC[C@]4(C)[C@H]3CC[C@]12C. The molecule has 0 heterocycles. The third kappa shape index (κ3) is 3.68. The van der Waals surface area contributed by atoms with E-state index in [1.54, 1.807) is 0 Å². The molecule has 3 heteroatoms. The first-order valence-corrected chi connectivity index (χ1v) is 12.6. The Balaban J connectivity index is 1.45. The second-order valence-electron chi connectivity index (χ2n) is 11.6. The van der Waals surface area contributed by atoms with Crippen LogP contribution in [-0.2, 0) is 9.53 Å². The molecule has 4 rings (SSSR count). The highest BCUT2D eigenvalue weighted by molar-refractivity contribution is 5.69. The number of aliphatic hydroxyl groups excluding tert-OH is 1. The lowest BCUT2D eigenvalue weighted by Crippen LogP contribution is -2.54. The van der Waals surface area contributed by atoms with Crippen LogP contribution in [0, 0.1) is 46.3 Å². The Morgan fingerprint density at radius 2 is 1.76 bits per heavy atom. The molecule has 4 fully saturated rings. The van der Waals surface area contributed by atoms with Gasteiger partial charge < -0.3 is 9.84 Å². The quantitative estimate of drug-likeness (QED) is 0.573. The van der Waals surface area contributed by atoms with E-state index in [1.807, 2.05) is 6.92 Å². The van der Waals surface area contributed by atoms with Crippen molar-refractivity contribution in [3.63, 3.8) is 0 Å². The fourth-order valence-corrected chi connectivity index (χ4v) is 8.99. The van der Waals surface area contributed by atoms with Crippen LogP contribution >= 0.6 is 0 Å². The van der Waals surface area contributed by atoms with Gasteiger partial charge in [-0.1, -0.05) is 20.8 Å². The molecular formula is C26H44O3. The van der Waals surface area contributed by atoms with E-state index in [-0.39, 0.29) is 12.1 Å². The van der Waals surface area contributed by atoms with Crippen molar-refractivity contribution in [2.45, 2.75) is 104 Å². The molecule has 9 atom stereocenters. The second kappa shape index (κ2) is 8.17. The number of esters is 1. The predicted molar refractivity (Wildman–Crippen MR) is 116 cm³/mol. The van der Waals surface area contributed by atoms with E-state index in [1.165, 1.54) is 44.9 Å². The Kier molecular flexibility index (Phi) is 6.10. The average molecular weight is 405 g/mol. The number of aliphatic hydroxyl groups is 1. The summed E-state index contributed by atoms with van der Waals surface area (Å²) in [6, 6.07) is 0. The molecule has 0 aromatic carbocycles. The molecule has 0 aromatic heterocycles. The molecule has 0 spiro atoms. The summed E-state index contributed by atoms with van der Waals surface area (Å²) in [6.45, 7) is 9.97. The van der Waals surface area contributed by atoms with Crippen LogP contribution in [-0.4, -0.2) is 23.8 Å². The van der Waals surface area contributed by atoms with Gasteiger partial charge in [-0.3, -0.25) is 4.79 Å². The van der Waals surface area contributed by atoms with Crippen molar-refractivity contribution in [3.05, 3.63) is 0 Å². The molecule has 3 nitrogen and oxygen atoms in total. The largest absolute Gasteiger partial charge is 0.466 e. The zero-order valence-electron chi connectivity index (χ0n) is 19.3. The van der Waals surface area contributed by atoms with Crippen molar-refractivity contribution in [2.24, 2.45) is 46.3 Å². The number of hydrogen-bond donors (Lipinski definition) is 1. The van der Waals surface area contributed by atoms with Gasteiger partial charge in [0.25, 0.3) is 0 Å². The zero-order chi connectivity index (χ0) is 20.8. The lowest BCUT2D eigenvalue weighted by molar-refractivity contribution is -0.144. The molecule has 4 aliphatic carbocycles. The highest BCUT2D eigenvalue weighted by Gasteiger charge is 2.60. The van der Waals surface area contributed by atoms with Gasteiger partial charge in [-0.05, 0) is 117 Å². The molecule has 166 valence electrons. The Hall–Kier alpha value is -0.570. The van der Waals surface area contributed by atoms with Gasteiger partial charge in [0.2, 0.25) is 0 Å². The highest BCUT2D eigenvalue weighted by atomic mass is 16.5. The topological polar surface area (TPSA) is 46.5 Å². The van der Waals surface area contributed by atoms with Crippen LogP contribution < -0.4 is 0 Å². The summed E-state index contributed by atoms with van der Waals surface area (Å²) in [4.78, 5) is 11.9. The highest BCUT2D eigenvalue weighted by Crippen LogP contribution is 2.68. The Labute approximate surface area is 178 Å². The fraction of sp³-hybridized carbons (Fsp3) is 0.962. The summed E-state index contributed by atoms with van der Waals surface area (Å²) in [6.07, 6.45) is 13.1. The molecule has 0 amide bonds. The van der Waals surface area contributed by atoms with E-state index in [0.29, 0.717) is 29.8 Å². The summed E-state index contributed by atoms with van der Waals surface area (Å²) in [5, 5.41) is 10.2. The van der Waals surface area contributed by atoms with Crippen LogP contribution in [0.1, 0.15) is 98.3 Å². The second-order valence-corrected chi connectivity index (χ2v) is 11.6. The minimum atomic E-state index is -0.0467. The molecule has 1 N–H and O–H groups in total. The van der Waals surface area contributed by atoms with Crippen LogP contribution in [0.25, 0.3) is 0 Å². The van der Waals surface area contributed by atoms with Crippen molar-refractivity contribution in [1.29, 1.82) is 0 Å². The van der Waals surface area contributed by atoms with Gasteiger partial charge in [0.05, 0.1) is 12.7 Å². The van der Waals surface area contributed by atoms with Crippen LogP contribution in [0.5, 0.6) is 0 Å². The maximum atomic E-state index is 11.9. The number of rotatable bonds is 5. The van der Waals surface area contributed by atoms with E-state index in [2.05, 4.69) is 20.8 Å². The molecule has 0 saturated heterocycles. The predicted octanol–water partition coefficient (Wildman–Crippen LogP) is 5.99. The van der Waals surface area contributed by atoms with E-state index < -0.39 is 0 Å². The molecular weight excluding hydrogens is 360 g/mol. The monoisotopic (exact) mass is 404 g/mol. The lowest BCUT2D eigenvalue weighted by Gasteiger charge is -2.61. The zero-order valence-corrected chi connectivity index (χ0v) is 19.3. The van der Waals surface area contributed by atoms with Crippen molar-refractivity contribution in [1.82, 2.24) is 0 Å². The first kappa shape index (κ1) is 21.7. The van der Waals surface area contributed by atoms with Gasteiger partial charge in [-0.2, -0.15) is 0 Å². The third-order valence-corrected chi connectivity index (χ3v) is 10.5. The van der Waals surface area contributed by atoms with E-state index in [0.717, 1.165) is 48.9 Å². The number of carbonyl (C=O) groups excluding carboxylic acids is 1. The summed E-state index contributed by atoms with van der Waals surface area (Å²) < 4.78 is 5.17. The third-order valence-electron chi connectivity index (χ3n) is 10.5. The summed E-state index contributed by atoms with van der Waals surface area (Å²) >= 11 is 0. The molecule has 29 heavy (non-hydrogen) atoms. The van der Waals surface area contributed by atoms with E-state index in [9.17, 15) is 9.90 Å². The van der Waals surface area contributed by atoms with Gasteiger partial charge in [0, 0.05) is 6.42 Å². The van der Waals surface area contributed by atoms with Crippen LogP contribution in [0.4, 0.5) is 0 Å². The van der Waals surface area contributed by atoms with Crippen molar-refractivity contribution in [3.8, 4) is 0 Å². The minimum Gasteiger partial charge on any atom is -0.466 e. The normalized spacial score (nSPS) is 47.6. The minimum absolute atomic E-state index is 0.0199. The molecule has 0 radical (unpaired) electrons. The number of fused-ring (bicyclic) bond motifs is 5. The molecule has 0 aliphatic heterocycles. The Bertz CT molecular complexity index is 603. The molecule has 4 aliphatic rings. The standard InChI is InChI=1S/C26H44O3/c1-5-29-24(28)11-6-17(2)21-9-10-22-20-8-7-18-16-19(27)12-14-25(18,3)23(20)13-15-26(21,22)4/h17-23,27H,5-16H2,1-4H3/t17-,18?,19-,20+,21-,22+,23+,25+,26-/m1/s1. The Morgan fingerprint density at radius 1 is 1.03 bits per heavy atom. The van der Waals surface area contributed by atoms with Gasteiger partial charge >= 0.3 is 5.97 Å². The van der Waals surface area contributed by atoms with E-state index in [4.69, 9.17) is 4.74 Å². The first-order chi connectivity index (χ1) is 13.8. The number of ether oxygens (including phenoxy) is 1. The first-order valence-electron chi connectivity index (χ1n) is 12.6. The van der Waals surface area contributed by atoms with E-state index >= 15 is 0 Å². The van der Waals surface area contributed by atoms with Crippen LogP contribution in [0.3, 0.4) is 0 Å². The van der Waals surface area contributed by atoms with Crippen LogP contribution in [0.2, 0.25) is 0 Å². The summed E-state index contributed by atoms with van der Waals surface area (Å²) in [5.74, 6) is 4.75. The lowest BCUT2D eigenvalue weighted by atomic mass is 9.44. The molecule has 1 unspecified atom stereocenters. The molecule has 0 bridgehead atoms. The van der Waals surface area contributed by atoms with Gasteiger partial charge in [0.1, 0.15) is 0 Å². The summed E-state index contributed by atoms with van der Waals surface area (Å²) in [5.41, 5.74) is 0.934. The van der Waals surface area contributed by atoms with Gasteiger partial charge in [-0.15, -0.1) is 0 Å². The fourth-order valence-electron chi connectivity index (χ4n) is 8.99. The maximum absolute atomic E-state index is 11.9. The average Bonchev–Trinajstić information content (AvgIpc) is 3.04. The summed E-state index contributed by atoms with van der Waals surface area (Å²) in [7, 11) is 0. The maximum Gasteiger partial charge on any atom is 0.305 e.